The van der Waals surface area contributed by atoms with E-state index in [0.29, 0.717) is 32.0 Å². The smallest absolute Gasteiger partial charge is 0.408 e. The molecule has 3 aliphatic rings. The van der Waals surface area contributed by atoms with Gasteiger partial charge in [0, 0.05) is 43.3 Å². The van der Waals surface area contributed by atoms with Gasteiger partial charge >= 0.3 is 6.09 Å². The molecule has 1 unspecified atom stereocenters. The maximum atomic E-state index is 13.9. The van der Waals surface area contributed by atoms with Gasteiger partial charge in [-0.15, -0.1) is 0 Å². The van der Waals surface area contributed by atoms with Crippen molar-refractivity contribution in [2.75, 3.05) is 31.1 Å². The van der Waals surface area contributed by atoms with Crippen molar-refractivity contribution < 1.29 is 23.5 Å². The van der Waals surface area contributed by atoms with E-state index in [2.05, 4.69) is 24.1 Å². The monoisotopic (exact) mass is 517 g/mol. The summed E-state index contributed by atoms with van der Waals surface area (Å²) in [5, 5.41) is 2.95. The molecule has 37 heavy (non-hydrogen) atoms. The lowest BCUT2D eigenvalue weighted by Crippen LogP contribution is -2.53. The Morgan fingerprint density at radius 1 is 1.16 bits per heavy atom. The molecular formula is C29H44FN3O4. The zero-order valence-corrected chi connectivity index (χ0v) is 23.1. The molecule has 2 fully saturated rings. The van der Waals surface area contributed by atoms with E-state index in [1.54, 1.807) is 11.0 Å². The molecule has 206 valence electrons. The lowest BCUT2D eigenvalue weighted by molar-refractivity contribution is -0.153. The summed E-state index contributed by atoms with van der Waals surface area (Å²) < 4.78 is 25.5. The molecule has 0 radical (unpaired) electrons. The van der Waals surface area contributed by atoms with Crippen molar-refractivity contribution in [1.82, 2.24) is 10.2 Å². The van der Waals surface area contributed by atoms with Gasteiger partial charge in [-0.05, 0) is 56.9 Å². The number of nitrogens with one attached hydrogen (secondary N) is 1. The van der Waals surface area contributed by atoms with Crippen LogP contribution in [0.25, 0.3) is 0 Å². The van der Waals surface area contributed by atoms with Crippen molar-refractivity contribution in [3.05, 3.63) is 29.6 Å². The number of amides is 2. The zero-order valence-electron chi connectivity index (χ0n) is 23.1. The quantitative estimate of drug-likeness (QED) is 0.550. The summed E-state index contributed by atoms with van der Waals surface area (Å²) >= 11 is 0. The summed E-state index contributed by atoms with van der Waals surface area (Å²) in [4.78, 5) is 30.5. The highest BCUT2D eigenvalue weighted by atomic mass is 19.1. The van der Waals surface area contributed by atoms with Gasteiger partial charge in [0.2, 0.25) is 0 Å². The van der Waals surface area contributed by atoms with Gasteiger partial charge in [-0.25, -0.2) is 9.18 Å². The lowest BCUT2D eigenvalue weighted by Gasteiger charge is -2.37. The van der Waals surface area contributed by atoms with Crippen LogP contribution in [-0.2, 0) is 19.7 Å². The maximum absolute atomic E-state index is 13.9. The number of carbonyl (C=O) groups excluding carboxylic acids is 2. The summed E-state index contributed by atoms with van der Waals surface area (Å²) in [6, 6.07) is 4.69. The van der Waals surface area contributed by atoms with E-state index >= 15 is 0 Å². The number of carbonyl (C=O) groups is 2. The Balaban J connectivity index is 1.38. The predicted molar refractivity (Wildman–Crippen MR) is 142 cm³/mol. The van der Waals surface area contributed by atoms with Gasteiger partial charge < -0.3 is 24.6 Å². The van der Waals surface area contributed by atoms with Crippen molar-refractivity contribution in [3.8, 4) is 0 Å². The molecular weight excluding hydrogens is 473 g/mol. The SMILES string of the molecule is C[C@@H]1CN(C(=O)C(CC2CCCCC2)OC(=O)N[C@@H](C)CN2CC(C)(C)c3cc(F)ccc32)C[C@H](C)O1. The molecule has 0 bridgehead atoms. The van der Waals surface area contributed by atoms with E-state index in [0.717, 1.165) is 43.5 Å². The van der Waals surface area contributed by atoms with E-state index in [1.165, 1.54) is 12.5 Å². The van der Waals surface area contributed by atoms with Crippen LogP contribution in [0.2, 0.25) is 0 Å². The fourth-order valence-electron chi connectivity index (χ4n) is 6.36. The van der Waals surface area contributed by atoms with Crippen LogP contribution in [-0.4, -0.2) is 67.4 Å². The minimum Gasteiger partial charge on any atom is -0.436 e. The van der Waals surface area contributed by atoms with Crippen molar-refractivity contribution >= 4 is 17.7 Å². The van der Waals surface area contributed by atoms with Gasteiger partial charge in [-0.2, -0.15) is 0 Å². The van der Waals surface area contributed by atoms with Gasteiger partial charge in [0.15, 0.2) is 6.10 Å². The van der Waals surface area contributed by atoms with Gasteiger partial charge in [0.05, 0.1) is 12.2 Å². The molecule has 7 nitrogen and oxygen atoms in total. The van der Waals surface area contributed by atoms with Crippen molar-refractivity contribution in [2.24, 2.45) is 5.92 Å². The predicted octanol–water partition coefficient (Wildman–Crippen LogP) is 5.01. The van der Waals surface area contributed by atoms with E-state index in [4.69, 9.17) is 9.47 Å². The molecule has 0 spiro atoms. The third-order valence-corrected chi connectivity index (χ3v) is 8.00. The topological polar surface area (TPSA) is 71.1 Å². The van der Waals surface area contributed by atoms with Crippen LogP contribution in [0.4, 0.5) is 14.9 Å². The number of fused-ring (bicyclic) bond motifs is 1. The number of alkyl carbamates (subject to hydrolysis) is 1. The number of hydrogen-bond acceptors (Lipinski definition) is 5. The standard InChI is InChI=1S/C29H44FN3O4/c1-19(15-33-18-29(4,5)24-14-23(30)11-12-25(24)33)31-28(35)37-26(13-22-9-7-6-8-10-22)27(34)32-16-20(2)36-21(3)17-32/h11-12,14,19-22,26H,6-10,13,15-18H2,1-5H3,(H,31,35)/t19-,20-,21+,26?/m0/s1. The summed E-state index contributed by atoms with van der Waals surface area (Å²) in [5.41, 5.74) is 1.80. The second-order valence-corrected chi connectivity index (χ2v) is 12.1. The summed E-state index contributed by atoms with van der Waals surface area (Å²) in [6.45, 7) is 12.4. The highest BCUT2D eigenvalue weighted by molar-refractivity contribution is 5.83. The Hall–Kier alpha value is -2.35. The van der Waals surface area contributed by atoms with E-state index in [9.17, 15) is 14.0 Å². The normalized spacial score (nSPS) is 25.4. The maximum Gasteiger partial charge on any atom is 0.408 e. The number of nitrogens with zero attached hydrogens (tertiary/aromatic N) is 2. The zero-order chi connectivity index (χ0) is 26.7. The number of halogens is 1. The minimum atomic E-state index is -0.790. The van der Waals surface area contributed by atoms with E-state index in [-0.39, 0.29) is 35.4 Å². The molecule has 8 heteroatoms. The number of rotatable bonds is 7. The molecule has 1 saturated carbocycles. The third kappa shape index (κ3) is 6.95. The fraction of sp³-hybridized carbons (Fsp3) is 0.724. The Kier molecular flexibility index (Phi) is 8.66. The van der Waals surface area contributed by atoms with E-state index < -0.39 is 12.2 Å². The molecule has 4 atom stereocenters. The largest absolute Gasteiger partial charge is 0.436 e. The second kappa shape index (κ2) is 11.6. The van der Waals surface area contributed by atoms with Crippen LogP contribution in [0.15, 0.2) is 18.2 Å². The number of hydrogen-bond donors (Lipinski definition) is 1. The first-order valence-corrected chi connectivity index (χ1v) is 14.0. The van der Waals surface area contributed by atoms with Crippen molar-refractivity contribution in [3.63, 3.8) is 0 Å². The summed E-state index contributed by atoms with van der Waals surface area (Å²) in [7, 11) is 0. The molecule has 1 N–H and O–H groups in total. The first-order valence-electron chi connectivity index (χ1n) is 14.0. The molecule has 0 aromatic heterocycles. The summed E-state index contributed by atoms with van der Waals surface area (Å²) in [5.74, 6) is 0.0429. The number of morpholine rings is 1. The number of anilines is 1. The Bertz CT molecular complexity index is 954. The molecule has 2 aliphatic heterocycles. The molecule has 1 aromatic carbocycles. The molecule has 4 rings (SSSR count). The highest BCUT2D eigenvalue weighted by Gasteiger charge is 2.37. The average molecular weight is 518 g/mol. The first kappa shape index (κ1) is 27.7. The van der Waals surface area contributed by atoms with Gasteiger partial charge in [-0.3, -0.25) is 4.79 Å². The van der Waals surface area contributed by atoms with E-state index in [1.807, 2.05) is 26.8 Å². The molecule has 1 aromatic rings. The van der Waals surface area contributed by atoms with Crippen molar-refractivity contribution in [2.45, 2.75) is 103 Å². The highest BCUT2D eigenvalue weighted by Crippen LogP contribution is 2.40. The van der Waals surface area contributed by atoms with Crippen LogP contribution in [0, 0.1) is 11.7 Å². The van der Waals surface area contributed by atoms with Gasteiger partial charge in [0.1, 0.15) is 5.82 Å². The van der Waals surface area contributed by atoms with Gasteiger partial charge in [-0.1, -0.05) is 46.0 Å². The van der Waals surface area contributed by atoms with Crippen LogP contribution >= 0.6 is 0 Å². The minimum absolute atomic E-state index is 0.0436. The van der Waals surface area contributed by atoms with Crippen LogP contribution in [0.1, 0.15) is 78.7 Å². The first-order chi connectivity index (χ1) is 17.5. The summed E-state index contributed by atoms with van der Waals surface area (Å²) in [6.07, 6.45) is 4.84. The molecule has 2 heterocycles. The molecule has 2 amide bonds. The van der Waals surface area contributed by atoms with Gasteiger partial charge in [0.25, 0.3) is 5.91 Å². The number of ether oxygens (including phenoxy) is 2. The second-order valence-electron chi connectivity index (χ2n) is 12.1. The van der Waals surface area contributed by atoms with Crippen LogP contribution in [0.3, 0.4) is 0 Å². The van der Waals surface area contributed by atoms with Crippen LogP contribution < -0.4 is 10.2 Å². The Morgan fingerprint density at radius 3 is 2.51 bits per heavy atom. The van der Waals surface area contributed by atoms with Crippen molar-refractivity contribution in [1.29, 1.82) is 0 Å². The lowest BCUT2D eigenvalue weighted by atomic mass is 9.85. The Morgan fingerprint density at radius 2 is 1.84 bits per heavy atom. The van der Waals surface area contributed by atoms with Crippen LogP contribution in [0.5, 0.6) is 0 Å². The molecule has 1 aliphatic carbocycles. The molecule has 1 saturated heterocycles. The Labute approximate surface area is 221 Å². The third-order valence-electron chi connectivity index (χ3n) is 8.00. The fourth-order valence-corrected chi connectivity index (χ4v) is 6.36. The number of benzene rings is 1. The average Bonchev–Trinajstić information content (AvgIpc) is 3.06.